The molecule has 3 nitrogen and oxygen atoms in total. The Morgan fingerprint density at radius 2 is 1.74 bits per heavy atom. The van der Waals surface area contributed by atoms with Crippen LogP contribution in [0.1, 0.15) is 18.4 Å². The molecule has 0 amide bonds. The maximum absolute atomic E-state index is 11.9. The molecule has 3 heteroatoms. The lowest BCUT2D eigenvalue weighted by atomic mass is 9.93. The predicted octanol–water partition coefficient (Wildman–Crippen LogP) is 3.05. The molecule has 0 atom stereocenters. The van der Waals surface area contributed by atoms with E-state index in [2.05, 4.69) is 6.07 Å². The van der Waals surface area contributed by atoms with Gasteiger partial charge in [-0.1, -0.05) is 24.3 Å². The molecule has 0 radical (unpaired) electrons. The SMILES string of the molecule is COC(=O)C1(c2ccc3cc(OC)ccc3c2)CC1. The van der Waals surface area contributed by atoms with Gasteiger partial charge in [-0.15, -0.1) is 0 Å². The minimum Gasteiger partial charge on any atom is -0.497 e. The van der Waals surface area contributed by atoms with Gasteiger partial charge in [0.05, 0.1) is 19.6 Å². The third-order valence-electron chi connectivity index (χ3n) is 3.93. The molecule has 2 aromatic rings. The molecule has 98 valence electrons. The Kier molecular flexibility index (Phi) is 2.70. The molecule has 0 spiro atoms. The van der Waals surface area contributed by atoms with Gasteiger partial charge in [-0.2, -0.15) is 0 Å². The quantitative estimate of drug-likeness (QED) is 0.792. The van der Waals surface area contributed by atoms with Gasteiger partial charge < -0.3 is 9.47 Å². The van der Waals surface area contributed by atoms with Gasteiger partial charge >= 0.3 is 5.97 Å². The summed E-state index contributed by atoms with van der Waals surface area (Å²) in [6.07, 6.45) is 1.75. The topological polar surface area (TPSA) is 35.5 Å². The molecular formula is C16H16O3. The highest BCUT2D eigenvalue weighted by Crippen LogP contribution is 2.49. The highest BCUT2D eigenvalue weighted by atomic mass is 16.5. The Hall–Kier alpha value is -2.03. The van der Waals surface area contributed by atoms with Crippen LogP contribution in [0.5, 0.6) is 5.75 Å². The van der Waals surface area contributed by atoms with Crippen molar-refractivity contribution in [2.45, 2.75) is 18.3 Å². The average molecular weight is 256 g/mol. The van der Waals surface area contributed by atoms with Crippen LogP contribution in [0, 0.1) is 0 Å². The smallest absolute Gasteiger partial charge is 0.316 e. The molecule has 0 bridgehead atoms. The highest BCUT2D eigenvalue weighted by molar-refractivity contribution is 5.90. The Labute approximate surface area is 112 Å². The molecule has 0 aliphatic heterocycles. The van der Waals surface area contributed by atoms with Gasteiger partial charge in [0.1, 0.15) is 5.75 Å². The molecule has 3 rings (SSSR count). The second kappa shape index (κ2) is 4.26. The van der Waals surface area contributed by atoms with E-state index in [1.54, 1.807) is 7.11 Å². The largest absolute Gasteiger partial charge is 0.497 e. The fourth-order valence-corrected chi connectivity index (χ4v) is 2.58. The highest BCUT2D eigenvalue weighted by Gasteiger charge is 2.52. The molecule has 0 aromatic heterocycles. The summed E-state index contributed by atoms with van der Waals surface area (Å²) in [6.45, 7) is 0. The minimum absolute atomic E-state index is 0.125. The first-order valence-electron chi connectivity index (χ1n) is 6.36. The molecule has 2 aromatic carbocycles. The van der Waals surface area contributed by atoms with E-state index < -0.39 is 5.41 Å². The molecule has 0 unspecified atom stereocenters. The zero-order valence-corrected chi connectivity index (χ0v) is 11.1. The average Bonchev–Trinajstić information content (AvgIpc) is 3.27. The van der Waals surface area contributed by atoms with Crippen LogP contribution in [0.4, 0.5) is 0 Å². The third-order valence-corrected chi connectivity index (χ3v) is 3.93. The molecule has 1 aliphatic carbocycles. The van der Waals surface area contributed by atoms with E-state index in [4.69, 9.17) is 9.47 Å². The summed E-state index contributed by atoms with van der Waals surface area (Å²) in [5, 5.41) is 2.23. The summed E-state index contributed by atoms with van der Waals surface area (Å²) in [5.41, 5.74) is 0.653. The van der Waals surface area contributed by atoms with Crippen LogP contribution in [0.15, 0.2) is 36.4 Å². The van der Waals surface area contributed by atoms with Crippen molar-refractivity contribution in [3.05, 3.63) is 42.0 Å². The number of rotatable bonds is 3. The Balaban J connectivity index is 2.05. The number of fused-ring (bicyclic) bond motifs is 1. The van der Waals surface area contributed by atoms with Crippen molar-refractivity contribution in [2.24, 2.45) is 0 Å². The monoisotopic (exact) mass is 256 g/mol. The first kappa shape index (κ1) is 12.0. The van der Waals surface area contributed by atoms with Crippen molar-refractivity contribution in [3.63, 3.8) is 0 Å². The van der Waals surface area contributed by atoms with Crippen molar-refractivity contribution in [1.82, 2.24) is 0 Å². The van der Waals surface area contributed by atoms with Gasteiger partial charge in [0.25, 0.3) is 0 Å². The lowest BCUT2D eigenvalue weighted by molar-refractivity contribution is -0.143. The van der Waals surface area contributed by atoms with E-state index >= 15 is 0 Å². The molecule has 0 saturated heterocycles. The van der Waals surface area contributed by atoms with Crippen molar-refractivity contribution in [1.29, 1.82) is 0 Å². The fourth-order valence-electron chi connectivity index (χ4n) is 2.58. The second-order valence-electron chi connectivity index (χ2n) is 5.00. The van der Waals surface area contributed by atoms with Gasteiger partial charge in [0, 0.05) is 0 Å². The van der Waals surface area contributed by atoms with Crippen LogP contribution in [-0.2, 0) is 14.9 Å². The van der Waals surface area contributed by atoms with Crippen LogP contribution in [0.2, 0.25) is 0 Å². The van der Waals surface area contributed by atoms with E-state index in [9.17, 15) is 4.79 Å². The van der Waals surface area contributed by atoms with Crippen LogP contribution in [0.3, 0.4) is 0 Å². The molecular weight excluding hydrogens is 240 g/mol. The molecule has 1 saturated carbocycles. The van der Waals surface area contributed by atoms with Gasteiger partial charge in [-0.25, -0.2) is 0 Å². The normalized spacial score (nSPS) is 16.1. The van der Waals surface area contributed by atoms with E-state index in [1.807, 2.05) is 30.3 Å². The van der Waals surface area contributed by atoms with Crippen molar-refractivity contribution in [2.75, 3.05) is 14.2 Å². The number of benzene rings is 2. The number of methoxy groups -OCH3 is 2. The predicted molar refractivity (Wildman–Crippen MR) is 73.4 cm³/mol. The third kappa shape index (κ3) is 1.86. The number of hydrogen-bond acceptors (Lipinski definition) is 3. The Morgan fingerprint density at radius 3 is 2.37 bits per heavy atom. The second-order valence-corrected chi connectivity index (χ2v) is 5.00. The van der Waals surface area contributed by atoms with Crippen molar-refractivity contribution >= 4 is 16.7 Å². The Morgan fingerprint density at radius 1 is 1.05 bits per heavy atom. The number of carbonyl (C=O) groups excluding carboxylic acids is 1. The molecule has 0 heterocycles. The number of carbonyl (C=O) groups is 1. The molecule has 0 N–H and O–H groups in total. The zero-order valence-electron chi connectivity index (χ0n) is 11.1. The summed E-state index contributed by atoms with van der Waals surface area (Å²) in [7, 11) is 3.11. The first-order valence-corrected chi connectivity index (χ1v) is 6.36. The fraction of sp³-hybridized carbons (Fsp3) is 0.312. The maximum atomic E-state index is 11.9. The van der Waals surface area contributed by atoms with E-state index in [1.165, 1.54) is 7.11 Å². The van der Waals surface area contributed by atoms with Gasteiger partial charge in [-0.3, -0.25) is 4.79 Å². The van der Waals surface area contributed by atoms with E-state index in [-0.39, 0.29) is 5.97 Å². The van der Waals surface area contributed by atoms with Gasteiger partial charge in [-0.05, 0) is 41.3 Å². The van der Waals surface area contributed by atoms with Gasteiger partial charge in [0.2, 0.25) is 0 Å². The van der Waals surface area contributed by atoms with E-state index in [0.717, 1.165) is 34.9 Å². The summed E-state index contributed by atoms with van der Waals surface area (Å²) in [5.74, 6) is 0.717. The summed E-state index contributed by atoms with van der Waals surface area (Å²) in [6, 6.07) is 12.1. The zero-order chi connectivity index (χ0) is 13.5. The van der Waals surface area contributed by atoms with Gasteiger partial charge in [0.15, 0.2) is 0 Å². The standard InChI is InChI=1S/C16H16O3/c1-18-14-6-4-11-9-13(5-3-12(11)10-14)16(7-8-16)15(17)19-2/h3-6,9-10H,7-8H2,1-2H3. The number of esters is 1. The van der Waals surface area contributed by atoms with Crippen molar-refractivity contribution < 1.29 is 14.3 Å². The van der Waals surface area contributed by atoms with Crippen LogP contribution >= 0.6 is 0 Å². The summed E-state index contributed by atoms with van der Waals surface area (Å²) >= 11 is 0. The first-order chi connectivity index (χ1) is 9.19. The molecule has 19 heavy (non-hydrogen) atoms. The number of hydrogen-bond donors (Lipinski definition) is 0. The molecule has 1 aliphatic rings. The minimum atomic E-state index is -0.400. The van der Waals surface area contributed by atoms with Crippen LogP contribution in [-0.4, -0.2) is 20.2 Å². The summed E-state index contributed by atoms with van der Waals surface area (Å²) in [4.78, 5) is 11.9. The summed E-state index contributed by atoms with van der Waals surface area (Å²) < 4.78 is 10.1. The number of ether oxygens (including phenoxy) is 2. The Bertz CT molecular complexity index is 641. The molecule has 1 fully saturated rings. The maximum Gasteiger partial charge on any atom is 0.316 e. The lowest BCUT2D eigenvalue weighted by Crippen LogP contribution is -2.21. The van der Waals surface area contributed by atoms with Crippen LogP contribution in [0.25, 0.3) is 10.8 Å². The van der Waals surface area contributed by atoms with Crippen molar-refractivity contribution in [3.8, 4) is 5.75 Å². The lowest BCUT2D eigenvalue weighted by Gasteiger charge is -2.14. The van der Waals surface area contributed by atoms with E-state index in [0.29, 0.717) is 0 Å². The van der Waals surface area contributed by atoms with Crippen LogP contribution < -0.4 is 4.74 Å².